The Hall–Kier alpha value is -1.55. The quantitative estimate of drug-likeness (QED) is 0.752. The van der Waals surface area contributed by atoms with E-state index in [4.69, 9.17) is 14.6 Å². The summed E-state index contributed by atoms with van der Waals surface area (Å²) >= 11 is 0. The van der Waals surface area contributed by atoms with Gasteiger partial charge in [0.05, 0.1) is 6.61 Å². The molecule has 0 spiro atoms. The van der Waals surface area contributed by atoms with Crippen LogP contribution >= 0.6 is 0 Å². The predicted molar refractivity (Wildman–Crippen MR) is 55.5 cm³/mol. The third kappa shape index (κ3) is 3.25. The van der Waals surface area contributed by atoms with E-state index in [0.717, 1.165) is 5.56 Å². The zero-order chi connectivity index (χ0) is 11.3. The van der Waals surface area contributed by atoms with Crippen LogP contribution in [0.1, 0.15) is 15.9 Å². The van der Waals surface area contributed by atoms with E-state index in [9.17, 15) is 4.79 Å². The fraction of sp³-hybridized carbons (Fsp3) is 0.364. The molecular formula is C11H14O4. The second-order valence-electron chi connectivity index (χ2n) is 3.15. The molecule has 0 saturated heterocycles. The van der Waals surface area contributed by atoms with E-state index in [2.05, 4.69) is 0 Å². The van der Waals surface area contributed by atoms with Gasteiger partial charge in [-0.25, -0.2) is 4.79 Å². The first-order valence-corrected chi connectivity index (χ1v) is 4.61. The maximum atomic E-state index is 10.9. The van der Waals surface area contributed by atoms with Crippen LogP contribution in [0.4, 0.5) is 0 Å². The lowest BCUT2D eigenvalue weighted by molar-refractivity contribution is 0.0689. The Morgan fingerprint density at radius 2 is 2.13 bits per heavy atom. The third-order valence-electron chi connectivity index (χ3n) is 1.91. The average Bonchev–Trinajstić information content (AvgIpc) is 2.20. The molecule has 1 N–H and O–H groups in total. The van der Waals surface area contributed by atoms with Crippen molar-refractivity contribution in [3.8, 4) is 5.75 Å². The summed E-state index contributed by atoms with van der Waals surface area (Å²) in [6.07, 6.45) is 0. The van der Waals surface area contributed by atoms with E-state index in [0.29, 0.717) is 19.0 Å². The molecule has 0 aromatic heterocycles. The van der Waals surface area contributed by atoms with Crippen LogP contribution in [0.3, 0.4) is 0 Å². The van der Waals surface area contributed by atoms with Crippen molar-refractivity contribution in [3.63, 3.8) is 0 Å². The third-order valence-corrected chi connectivity index (χ3v) is 1.91. The van der Waals surface area contributed by atoms with Gasteiger partial charge in [-0.05, 0) is 19.1 Å². The maximum Gasteiger partial charge on any atom is 0.339 e. The molecule has 1 aromatic carbocycles. The lowest BCUT2D eigenvalue weighted by Gasteiger charge is -2.09. The summed E-state index contributed by atoms with van der Waals surface area (Å²) < 4.78 is 10.1. The van der Waals surface area contributed by atoms with Gasteiger partial charge in [0.2, 0.25) is 0 Å². The van der Waals surface area contributed by atoms with Crippen molar-refractivity contribution in [3.05, 3.63) is 29.3 Å². The number of hydrogen-bond acceptors (Lipinski definition) is 3. The first-order chi connectivity index (χ1) is 7.15. The number of aryl methyl sites for hydroxylation is 1. The highest BCUT2D eigenvalue weighted by Crippen LogP contribution is 2.19. The second kappa shape index (κ2) is 5.36. The van der Waals surface area contributed by atoms with Crippen molar-refractivity contribution in [1.82, 2.24) is 0 Å². The summed E-state index contributed by atoms with van der Waals surface area (Å²) in [7, 11) is 1.57. The van der Waals surface area contributed by atoms with Crippen molar-refractivity contribution >= 4 is 5.97 Å². The largest absolute Gasteiger partial charge is 0.490 e. The van der Waals surface area contributed by atoms with Gasteiger partial charge in [-0.1, -0.05) is 11.6 Å². The Kier molecular flexibility index (Phi) is 4.12. The van der Waals surface area contributed by atoms with Crippen LogP contribution in [-0.2, 0) is 4.74 Å². The van der Waals surface area contributed by atoms with Crippen molar-refractivity contribution < 1.29 is 19.4 Å². The lowest BCUT2D eigenvalue weighted by atomic mass is 10.1. The SMILES string of the molecule is COCCOc1ccc(C)cc1C(=O)O. The van der Waals surface area contributed by atoms with Crippen LogP contribution < -0.4 is 4.74 Å². The highest BCUT2D eigenvalue weighted by atomic mass is 16.5. The molecule has 0 radical (unpaired) electrons. The molecule has 0 saturated carbocycles. The molecule has 1 aromatic rings. The average molecular weight is 210 g/mol. The number of carboxylic acids is 1. The topological polar surface area (TPSA) is 55.8 Å². The molecule has 0 unspecified atom stereocenters. The van der Waals surface area contributed by atoms with Crippen molar-refractivity contribution in [1.29, 1.82) is 0 Å². The first kappa shape index (κ1) is 11.5. The molecule has 0 bridgehead atoms. The molecule has 0 heterocycles. The van der Waals surface area contributed by atoms with E-state index >= 15 is 0 Å². The van der Waals surface area contributed by atoms with E-state index in [1.54, 1.807) is 19.2 Å². The Bertz CT molecular complexity index is 346. The molecule has 0 fully saturated rings. The number of rotatable bonds is 5. The summed E-state index contributed by atoms with van der Waals surface area (Å²) in [5, 5.41) is 8.94. The predicted octanol–water partition coefficient (Wildman–Crippen LogP) is 1.72. The minimum absolute atomic E-state index is 0.186. The van der Waals surface area contributed by atoms with Gasteiger partial charge in [-0.2, -0.15) is 0 Å². The number of methoxy groups -OCH3 is 1. The van der Waals surface area contributed by atoms with E-state index in [1.807, 2.05) is 13.0 Å². The second-order valence-corrected chi connectivity index (χ2v) is 3.15. The van der Waals surface area contributed by atoms with E-state index in [-0.39, 0.29) is 5.56 Å². The van der Waals surface area contributed by atoms with Gasteiger partial charge < -0.3 is 14.6 Å². The number of benzene rings is 1. The number of hydrogen-bond donors (Lipinski definition) is 1. The van der Waals surface area contributed by atoms with Crippen LogP contribution in [0.25, 0.3) is 0 Å². The molecule has 0 aliphatic carbocycles. The normalized spacial score (nSPS) is 10.0. The smallest absolute Gasteiger partial charge is 0.339 e. The van der Waals surface area contributed by atoms with Crippen LogP contribution in [0.5, 0.6) is 5.75 Å². The number of ether oxygens (including phenoxy) is 2. The zero-order valence-electron chi connectivity index (χ0n) is 8.82. The first-order valence-electron chi connectivity index (χ1n) is 4.61. The molecule has 4 nitrogen and oxygen atoms in total. The monoisotopic (exact) mass is 210 g/mol. The summed E-state index contributed by atoms with van der Waals surface area (Å²) in [6.45, 7) is 2.62. The number of carboxylic acid groups (broad SMARTS) is 1. The van der Waals surface area contributed by atoms with Gasteiger partial charge in [0.1, 0.15) is 17.9 Å². The fourth-order valence-electron chi connectivity index (χ4n) is 1.17. The molecule has 0 aliphatic rings. The van der Waals surface area contributed by atoms with E-state index in [1.165, 1.54) is 0 Å². The Labute approximate surface area is 88.4 Å². The minimum Gasteiger partial charge on any atom is -0.490 e. The fourth-order valence-corrected chi connectivity index (χ4v) is 1.17. The molecular weight excluding hydrogens is 196 g/mol. The summed E-state index contributed by atoms with van der Waals surface area (Å²) in [4.78, 5) is 10.9. The molecule has 0 atom stereocenters. The zero-order valence-corrected chi connectivity index (χ0v) is 8.82. The Morgan fingerprint density at radius 3 is 2.73 bits per heavy atom. The Balaban J connectivity index is 2.81. The van der Waals surface area contributed by atoms with E-state index < -0.39 is 5.97 Å². The van der Waals surface area contributed by atoms with Gasteiger partial charge in [0, 0.05) is 7.11 Å². The van der Waals surface area contributed by atoms with Gasteiger partial charge in [-0.15, -0.1) is 0 Å². The lowest BCUT2D eigenvalue weighted by Crippen LogP contribution is -2.08. The van der Waals surface area contributed by atoms with Gasteiger partial charge >= 0.3 is 5.97 Å². The van der Waals surface area contributed by atoms with Crippen molar-refractivity contribution in [2.45, 2.75) is 6.92 Å². The number of aromatic carboxylic acids is 1. The summed E-state index contributed by atoms with van der Waals surface area (Å²) in [5.41, 5.74) is 1.08. The summed E-state index contributed by atoms with van der Waals surface area (Å²) in [5.74, 6) is -0.601. The van der Waals surface area contributed by atoms with Crippen LogP contribution in [0.15, 0.2) is 18.2 Å². The molecule has 1 rings (SSSR count). The Morgan fingerprint density at radius 1 is 1.40 bits per heavy atom. The highest BCUT2D eigenvalue weighted by molar-refractivity contribution is 5.91. The summed E-state index contributed by atoms with van der Waals surface area (Å²) in [6, 6.07) is 5.06. The molecule has 0 amide bonds. The van der Waals surface area contributed by atoms with Crippen LogP contribution in [0.2, 0.25) is 0 Å². The van der Waals surface area contributed by atoms with Gasteiger partial charge in [0.15, 0.2) is 0 Å². The van der Waals surface area contributed by atoms with Gasteiger partial charge in [-0.3, -0.25) is 0 Å². The van der Waals surface area contributed by atoms with Crippen LogP contribution in [-0.4, -0.2) is 31.4 Å². The van der Waals surface area contributed by atoms with Gasteiger partial charge in [0.25, 0.3) is 0 Å². The number of carbonyl (C=O) groups is 1. The molecule has 0 aliphatic heterocycles. The minimum atomic E-state index is -0.980. The highest BCUT2D eigenvalue weighted by Gasteiger charge is 2.10. The van der Waals surface area contributed by atoms with Crippen molar-refractivity contribution in [2.75, 3.05) is 20.3 Å². The standard InChI is InChI=1S/C11H14O4/c1-8-3-4-10(15-6-5-14-2)9(7-8)11(12)13/h3-4,7H,5-6H2,1-2H3,(H,12,13). The van der Waals surface area contributed by atoms with Crippen LogP contribution in [0, 0.1) is 6.92 Å². The molecule has 4 heteroatoms. The molecule has 15 heavy (non-hydrogen) atoms. The maximum absolute atomic E-state index is 10.9. The van der Waals surface area contributed by atoms with Crippen molar-refractivity contribution in [2.24, 2.45) is 0 Å². The molecule has 82 valence electrons.